The summed E-state index contributed by atoms with van der Waals surface area (Å²) < 4.78 is 5.03. The van der Waals surface area contributed by atoms with Crippen LogP contribution in [0.1, 0.15) is 19.8 Å². The van der Waals surface area contributed by atoms with Gasteiger partial charge in [0, 0.05) is 18.9 Å². The largest absolute Gasteiger partial charge is 0.368 e. The molecule has 0 aliphatic rings. The monoisotopic (exact) mass is 204 g/mol. The summed E-state index contributed by atoms with van der Waals surface area (Å²) in [7, 11) is 1.67. The smallest absolute Gasteiger partial charge is 0.127 e. The van der Waals surface area contributed by atoms with Crippen LogP contribution in [0.5, 0.6) is 0 Å². The van der Waals surface area contributed by atoms with Crippen LogP contribution in [0.2, 0.25) is 0 Å². The first-order valence-electron chi connectivity index (χ1n) is 3.42. The van der Waals surface area contributed by atoms with Gasteiger partial charge < -0.3 is 4.74 Å². The van der Waals surface area contributed by atoms with E-state index < -0.39 is 0 Å². The predicted molar refractivity (Wildman–Crippen MR) is 47.3 cm³/mol. The lowest BCUT2D eigenvalue weighted by atomic mass is 10.3. The summed E-state index contributed by atoms with van der Waals surface area (Å²) in [5.74, 6) is 6.03. The van der Waals surface area contributed by atoms with E-state index in [2.05, 4.69) is 34.7 Å². The van der Waals surface area contributed by atoms with Crippen LogP contribution in [-0.4, -0.2) is 18.5 Å². The molecule has 0 saturated heterocycles. The van der Waals surface area contributed by atoms with E-state index in [0.29, 0.717) is 0 Å². The Hall–Kier alpha value is -0.0000000000000000208. The SMILES string of the molecule is CCCC#CC(CBr)OC. The number of unbranched alkanes of at least 4 members (excludes halogenated alkanes) is 1. The zero-order valence-corrected chi connectivity index (χ0v) is 8.07. The number of halogens is 1. The fourth-order valence-corrected chi connectivity index (χ4v) is 0.898. The quantitative estimate of drug-likeness (QED) is 0.507. The number of alkyl halides is 1. The predicted octanol–water partition coefficient (Wildman–Crippen LogP) is 2.20. The van der Waals surface area contributed by atoms with Gasteiger partial charge in [-0.05, 0) is 6.42 Å². The first-order valence-corrected chi connectivity index (χ1v) is 4.54. The lowest BCUT2D eigenvalue weighted by molar-refractivity contribution is 0.168. The molecule has 2 heteroatoms. The Balaban J connectivity index is 3.52. The third kappa shape index (κ3) is 4.84. The molecule has 0 N–H and O–H groups in total. The van der Waals surface area contributed by atoms with E-state index in [0.717, 1.165) is 18.2 Å². The van der Waals surface area contributed by atoms with Crippen LogP contribution in [0.15, 0.2) is 0 Å². The summed E-state index contributed by atoms with van der Waals surface area (Å²) in [4.78, 5) is 0. The zero-order chi connectivity index (χ0) is 7.82. The lowest BCUT2D eigenvalue weighted by Crippen LogP contribution is -2.08. The summed E-state index contributed by atoms with van der Waals surface area (Å²) in [6.07, 6.45) is 2.14. The summed E-state index contributed by atoms with van der Waals surface area (Å²) in [6, 6.07) is 0. The van der Waals surface area contributed by atoms with Crippen LogP contribution in [0, 0.1) is 11.8 Å². The molecule has 0 saturated carbocycles. The van der Waals surface area contributed by atoms with Crippen LogP contribution in [0.4, 0.5) is 0 Å². The molecular formula is C8H13BrO. The fourth-order valence-electron chi connectivity index (χ4n) is 0.471. The third-order valence-corrected chi connectivity index (χ3v) is 1.65. The highest BCUT2D eigenvalue weighted by Crippen LogP contribution is 1.93. The first-order chi connectivity index (χ1) is 4.85. The summed E-state index contributed by atoms with van der Waals surface area (Å²) >= 11 is 3.30. The van der Waals surface area contributed by atoms with Crippen LogP contribution in [-0.2, 0) is 4.74 Å². The van der Waals surface area contributed by atoms with E-state index in [1.165, 1.54) is 0 Å². The number of methoxy groups -OCH3 is 1. The molecular weight excluding hydrogens is 192 g/mol. The molecule has 0 aromatic rings. The first kappa shape index (κ1) is 10.0. The fraction of sp³-hybridized carbons (Fsp3) is 0.750. The number of rotatable bonds is 3. The van der Waals surface area contributed by atoms with Gasteiger partial charge in [0.25, 0.3) is 0 Å². The molecule has 0 fully saturated rings. The number of hydrogen-bond donors (Lipinski definition) is 0. The Bertz CT molecular complexity index is 119. The minimum atomic E-state index is 0.0616. The maximum atomic E-state index is 5.03. The highest BCUT2D eigenvalue weighted by molar-refractivity contribution is 9.09. The Morgan fingerprint density at radius 3 is 2.70 bits per heavy atom. The maximum Gasteiger partial charge on any atom is 0.127 e. The molecule has 0 aromatic carbocycles. The van der Waals surface area contributed by atoms with Crippen molar-refractivity contribution in [1.29, 1.82) is 0 Å². The molecule has 1 unspecified atom stereocenters. The highest BCUT2D eigenvalue weighted by atomic mass is 79.9. The lowest BCUT2D eigenvalue weighted by Gasteiger charge is -2.01. The van der Waals surface area contributed by atoms with E-state index in [1.54, 1.807) is 7.11 Å². The second kappa shape index (κ2) is 7.11. The summed E-state index contributed by atoms with van der Waals surface area (Å²) in [5.41, 5.74) is 0. The van der Waals surface area contributed by atoms with Crippen molar-refractivity contribution in [3.05, 3.63) is 0 Å². The molecule has 0 radical (unpaired) electrons. The van der Waals surface area contributed by atoms with Crippen LogP contribution in [0.3, 0.4) is 0 Å². The molecule has 0 rings (SSSR count). The Morgan fingerprint density at radius 2 is 2.30 bits per heavy atom. The molecule has 1 atom stereocenters. The van der Waals surface area contributed by atoms with E-state index in [4.69, 9.17) is 4.74 Å². The van der Waals surface area contributed by atoms with Crippen LogP contribution < -0.4 is 0 Å². The molecule has 0 bridgehead atoms. The van der Waals surface area contributed by atoms with Crippen molar-refractivity contribution >= 4 is 15.9 Å². The van der Waals surface area contributed by atoms with Crippen molar-refractivity contribution in [3.63, 3.8) is 0 Å². The maximum absolute atomic E-state index is 5.03. The summed E-state index contributed by atoms with van der Waals surface area (Å²) in [5, 5.41) is 0.792. The number of hydrogen-bond acceptors (Lipinski definition) is 1. The average Bonchev–Trinajstić information content (AvgIpc) is 1.99. The van der Waals surface area contributed by atoms with Crippen molar-refractivity contribution in [2.45, 2.75) is 25.9 Å². The number of ether oxygens (including phenoxy) is 1. The minimum Gasteiger partial charge on any atom is -0.368 e. The van der Waals surface area contributed by atoms with Gasteiger partial charge in [0.2, 0.25) is 0 Å². The van der Waals surface area contributed by atoms with Gasteiger partial charge in [-0.15, -0.1) is 5.92 Å². The normalized spacial score (nSPS) is 11.9. The van der Waals surface area contributed by atoms with Crippen LogP contribution in [0.25, 0.3) is 0 Å². The van der Waals surface area contributed by atoms with Gasteiger partial charge >= 0.3 is 0 Å². The molecule has 0 aliphatic carbocycles. The Labute approximate surface area is 71.3 Å². The van der Waals surface area contributed by atoms with Gasteiger partial charge in [0.15, 0.2) is 0 Å². The van der Waals surface area contributed by atoms with E-state index in [-0.39, 0.29) is 6.10 Å². The van der Waals surface area contributed by atoms with E-state index in [9.17, 15) is 0 Å². The van der Waals surface area contributed by atoms with Crippen molar-refractivity contribution < 1.29 is 4.74 Å². The van der Waals surface area contributed by atoms with E-state index >= 15 is 0 Å². The molecule has 0 aliphatic heterocycles. The third-order valence-electron chi connectivity index (χ3n) is 1.06. The van der Waals surface area contributed by atoms with Crippen molar-refractivity contribution in [2.24, 2.45) is 0 Å². The molecule has 0 aromatic heterocycles. The van der Waals surface area contributed by atoms with Gasteiger partial charge in [0.1, 0.15) is 6.10 Å². The Kier molecular flexibility index (Phi) is 7.11. The molecule has 0 heterocycles. The van der Waals surface area contributed by atoms with Crippen LogP contribution >= 0.6 is 15.9 Å². The second-order valence-corrected chi connectivity index (χ2v) is 2.60. The van der Waals surface area contributed by atoms with Gasteiger partial charge in [-0.2, -0.15) is 0 Å². The molecule has 58 valence electrons. The van der Waals surface area contributed by atoms with Crippen molar-refractivity contribution in [1.82, 2.24) is 0 Å². The molecule has 10 heavy (non-hydrogen) atoms. The van der Waals surface area contributed by atoms with Gasteiger partial charge in [0.05, 0.1) is 0 Å². The average molecular weight is 205 g/mol. The highest BCUT2D eigenvalue weighted by Gasteiger charge is 1.96. The topological polar surface area (TPSA) is 9.23 Å². The van der Waals surface area contributed by atoms with Crippen molar-refractivity contribution in [3.8, 4) is 11.8 Å². The van der Waals surface area contributed by atoms with Crippen molar-refractivity contribution in [2.75, 3.05) is 12.4 Å². The van der Waals surface area contributed by atoms with Gasteiger partial charge in [-0.3, -0.25) is 0 Å². The zero-order valence-electron chi connectivity index (χ0n) is 6.48. The van der Waals surface area contributed by atoms with E-state index in [1.807, 2.05) is 0 Å². The minimum absolute atomic E-state index is 0.0616. The Morgan fingerprint density at radius 1 is 1.60 bits per heavy atom. The molecule has 0 amide bonds. The standard InChI is InChI=1S/C8H13BrO/c1-3-4-5-6-8(7-9)10-2/h8H,3-4,7H2,1-2H3. The molecule has 0 spiro atoms. The van der Waals surface area contributed by atoms with Gasteiger partial charge in [-0.25, -0.2) is 0 Å². The van der Waals surface area contributed by atoms with Gasteiger partial charge in [-0.1, -0.05) is 28.8 Å². The molecule has 1 nitrogen and oxygen atoms in total. The summed E-state index contributed by atoms with van der Waals surface area (Å²) in [6.45, 7) is 2.12. The second-order valence-electron chi connectivity index (χ2n) is 1.95.